The fourth-order valence-corrected chi connectivity index (χ4v) is 3.71. The van der Waals surface area contributed by atoms with Crippen LogP contribution >= 0.6 is 0 Å². The van der Waals surface area contributed by atoms with Gasteiger partial charge in [-0.05, 0) is 38.5 Å². The molecule has 0 fully saturated rings. The van der Waals surface area contributed by atoms with Gasteiger partial charge in [-0.15, -0.1) is 0 Å². The monoisotopic (exact) mass is 424 g/mol. The number of allylic oxidation sites excluding steroid dienone is 2. The number of ether oxygens (including phenoxy) is 1. The molecular weight excluding hydrogens is 372 g/mol. The number of carbonyl (C=O) groups excluding carboxylic acids is 1. The van der Waals surface area contributed by atoms with Gasteiger partial charge in [0.25, 0.3) is 0 Å². The average molecular weight is 425 g/mol. The van der Waals surface area contributed by atoms with Gasteiger partial charge in [0, 0.05) is 0 Å². The first kappa shape index (κ1) is 29.2. The first-order valence-electron chi connectivity index (χ1n) is 13.2. The molecule has 3 nitrogen and oxygen atoms in total. The molecular formula is C27H52O3. The van der Waals surface area contributed by atoms with Crippen molar-refractivity contribution in [3.05, 3.63) is 12.2 Å². The molecule has 3 heteroatoms. The molecule has 0 aliphatic heterocycles. The van der Waals surface area contributed by atoms with Crippen LogP contribution in [0, 0.1) is 0 Å². The Kier molecular flexibility index (Phi) is 23.8. The summed E-state index contributed by atoms with van der Waals surface area (Å²) in [4.78, 5) is 11.5. The Morgan fingerprint density at radius 1 is 0.667 bits per heavy atom. The summed E-state index contributed by atoms with van der Waals surface area (Å²) in [5, 5.41) is 9.72. The van der Waals surface area contributed by atoms with Crippen LogP contribution in [0.3, 0.4) is 0 Å². The summed E-state index contributed by atoms with van der Waals surface area (Å²) in [7, 11) is 0. The predicted molar refractivity (Wildman–Crippen MR) is 130 cm³/mol. The summed E-state index contributed by atoms with van der Waals surface area (Å²) in [5.41, 5.74) is 0. The SMILES string of the molecule is CCCCCCCCC=CCCCCCCCCCCCCC(O)C(=O)OCCC. The Hall–Kier alpha value is -0.830. The number of rotatable bonds is 23. The Morgan fingerprint density at radius 2 is 1.10 bits per heavy atom. The van der Waals surface area contributed by atoms with Gasteiger partial charge in [-0.1, -0.05) is 116 Å². The summed E-state index contributed by atoms with van der Waals surface area (Å²) < 4.78 is 4.95. The molecule has 0 aliphatic rings. The highest BCUT2D eigenvalue weighted by Gasteiger charge is 2.15. The number of hydrogen-bond donors (Lipinski definition) is 1. The molecule has 0 aromatic carbocycles. The molecule has 0 saturated heterocycles. The zero-order chi connectivity index (χ0) is 22.1. The highest BCUT2D eigenvalue weighted by Crippen LogP contribution is 2.13. The van der Waals surface area contributed by atoms with E-state index in [1.165, 1.54) is 103 Å². The molecule has 0 saturated carbocycles. The quantitative estimate of drug-likeness (QED) is 0.102. The van der Waals surface area contributed by atoms with Crippen LogP contribution in [-0.4, -0.2) is 23.8 Å². The Balaban J connectivity index is 3.21. The molecule has 0 rings (SSSR count). The van der Waals surface area contributed by atoms with Crippen LogP contribution < -0.4 is 0 Å². The highest BCUT2D eigenvalue weighted by atomic mass is 16.5. The zero-order valence-corrected chi connectivity index (χ0v) is 20.3. The smallest absolute Gasteiger partial charge is 0.334 e. The molecule has 0 bridgehead atoms. The third kappa shape index (κ3) is 21.9. The van der Waals surface area contributed by atoms with Crippen LogP contribution in [-0.2, 0) is 9.53 Å². The van der Waals surface area contributed by atoms with Gasteiger partial charge >= 0.3 is 5.97 Å². The number of hydrogen-bond acceptors (Lipinski definition) is 3. The second-order valence-corrected chi connectivity index (χ2v) is 8.82. The molecule has 0 radical (unpaired) electrons. The van der Waals surface area contributed by atoms with Crippen LogP contribution in [0.25, 0.3) is 0 Å². The first-order valence-corrected chi connectivity index (χ1v) is 13.2. The predicted octanol–water partition coefficient (Wildman–Crippen LogP) is 8.29. The minimum atomic E-state index is -0.929. The third-order valence-corrected chi connectivity index (χ3v) is 5.71. The van der Waals surface area contributed by atoms with Crippen molar-refractivity contribution in [2.75, 3.05) is 6.61 Å². The lowest BCUT2D eigenvalue weighted by atomic mass is 10.0. The summed E-state index contributed by atoms with van der Waals surface area (Å²) in [6, 6.07) is 0. The van der Waals surface area contributed by atoms with Crippen LogP contribution in [0.1, 0.15) is 142 Å². The molecule has 30 heavy (non-hydrogen) atoms. The topological polar surface area (TPSA) is 46.5 Å². The molecule has 1 unspecified atom stereocenters. The fraction of sp³-hybridized carbons (Fsp3) is 0.889. The van der Waals surface area contributed by atoms with E-state index in [-0.39, 0.29) is 0 Å². The maximum absolute atomic E-state index is 11.5. The van der Waals surface area contributed by atoms with E-state index in [0.29, 0.717) is 13.0 Å². The molecule has 0 aliphatic carbocycles. The number of carbonyl (C=O) groups is 1. The lowest BCUT2D eigenvalue weighted by Crippen LogP contribution is -2.23. The maximum Gasteiger partial charge on any atom is 0.334 e. The van der Waals surface area contributed by atoms with Crippen LogP contribution in [0.5, 0.6) is 0 Å². The average Bonchev–Trinajstić information content (AvgIpc) is 2.75. The molecule has 1 atom stereocenters. The van der Waals surface area contributed by atoms with Gasteiger partial charge in [-0.2, -0.15) is 0 Å². The molecule has 0 heterocycles. The van der Waals surface area contributed by atoms with Crippen molar-refractivity contribution in [2.45, 2.75) is 148 Å². The number of unbranched alkanes of at least 4 members (excludes halogenated alkanes) is 16. The summed E-state index contributed by atoms with van der Waals surface area (Å²) >= 11 is 0. The van der Waals surface area contributed by atoms with Gasteiger partial charge in [-0.25, -0.2) is 4.79 Å². The van der Waals surface area contributed by atoms with Crippen molar-refractivity contribution in [3.63, 3.8) is 0 Å². The second kappa shape index (κ2) is 24.4. The third-order valence-electron chi connectivity index (χ3n) is 5.71. The maximum atomic E-state index is 11.5. The Bertz CT molecular complexity index is 378. The molecule has 0 aromatic rings. The first-order chi connectivity index (χ1) is 14.7. The summed E-state index contributed by atoms with van der Waals surface area (Å²) in [6.07, 6.45) is 28.7. The van der Waals surface area contributed by atoms with Crippen molar-refractivity contribution in [2.24, 2.45) is 0 Å². The van der Waals surface area contributed by atoms with Gasteiger partial charge in [0.1, 0.15) is 0 Å². The van der Waals surface area contributed by atoms with E-state index in [0.717, 1.165) is 19.3 Å². The van der Waals surface area contributed by atoms with Gasteiger partial charge in [-0.3, -0.25) is 0 Å². The van der Waals surface area contributed by atoms with Crippen LogP contribution in [0.2, 0.25) is 0 Å². The van der Waals surface area contributed by atoms with Crippen molar-refractivity contribution < 1.29 is 14.6 Å². The normalized spacial score (nSPS) is 12.5. The largest absolute Gasteiger partial charge is 0.464 e. The summed E-state index contributed by atoms with van der Waals surface area (Å²) in [5.74, 6) is -0.454. The van der Waals surface area contributed by atoms with Crippen molar-refractivity contribution in [3.8, 4) is 0 Å². The number of aliphatic hydroxyl groups excluding tert-OH is 1. The van der Waals surface area contributed by atoms with Gasteiger partial charge in [0.05, 0.1) is 6.61 Å². The second-order valence-electron chi connectivity index (χ2n) is 8.82. The van der Waals surface area contributed by atoms with E-state index in [1.807, 2.05) is 6.92 Å². The number of esters is 1. The van der Waals surface area contributed by atoms with Crippen LogP contribution in [0.15, 0.2) is 12.2 Å². The number of aliphatic hydroxyl groups is 1. The van der Waals surface area contributed by atoms with E-state index in [4.69, 9.17) is 4.74 Å². The van der Waals surface area contributed by atoms with Crippen molar-refractivity contribution in [1.82, 2.24) is 0 Å². The zero-order valence-electron chi connectivity index (χ0n) is 20.3. The molecule has 0 aromatic heterocycles. The minimum Gasteiger partial charge on any atom is -0.464 e. The Labute approximate surface area is 188 Å². The van der Waals surface area contributed by atoms with E-state index in [9.17, 15) is 9.90 Å². The van der Waals surface area contributed by atoms with Crippen LogP contribution in [0.4, 0.5) is 0 Å². The van der Waals surface area contributed by atoms with E-state index < -0.39 is 12.1 Å². The standard InChI is InChI=1S/C27H52O3/c1-3-5-6-7-8-9-10-11-12-13-14-15-16-17-18-19-20-21-22-23-24-26(28)27(29)30-25-4-2/h11-12,26,28H,3-10,13-25H2,1-2H3. The fourth-order valence-electron chi connectivity index (χ4n) is 3.71. The molecule has 178 valence electrons. The van der Waals surface area contributed by atoms with Gasteiger partial charge < -0.3 is 9.84 Å². The molecule has 0 spiro atoms. The van der Waals surface area contributed by atoms with Crippen molar-refractivity contribution >= 4 is 5.97 Å². The lowest BCUT2D eigenvalue weighted by Gasteiger charge is -2.09. The van der Waals surface area contributed by atoms with Gasteiger partial charge in [0.2, 0.25) is 0 Å². The minimum absolute atomic E-state index is 0.409. The van der Waals surface area contributed by atoms with Crippen molar-refractivity contribution in [1.29, 1.82) is 0 Å². The Morgan fingerprint density at radius 3 is 1.57 bits per heavy atom. The van der Waals surface area contributed by atoms with E-state index in [2.05, 4.69) is 19.1 Å². The van der Waals surface area contributed by atoms with Gasteiger partial charge in [0.15, 0.2) is 6.10 Å². The van der Waals surface area contributed by atoms with E-state index in [1.54, 1.807) is 0 Å². The molecule has 0 amide bonds. The molecule has 1 N–H and O–H groups in total. The summed E-state index contributed by atoms with van der Waals surface area (Å²) in [6.45, 7) is 4.64. The lowest BCUT2D eigenvalue weighted by molar-refractivity contribution is -0.153. The highest BCUT2D eigenvalue weighted by molar-refractivity contribution is 5.74. The van der Waals surface area contributed by atoms with E-state index >= 15 is 0 Å².